The smallest absolute Gasteiger partial charge is 0.332 e. The third-order valence-electron chi connectivity index (χ3n) is 3.13. The van der Waals surface area contributed by atoms with Gasteiger partial charge < -0.3 is 10.2 Å². The Hall–Kier alpha value is -2.35. The first kappa shape index (κ1) is 16.0. The van der Waals surface area contributed by atoms with Gasteiger partial charge in [-0.05, 0) is 18.4 Å². The lowest BCUT2D eigenvalue weighted by molar-refractivity contribution is -0.133. The van der Waals surface area contributed by atoms with E-state index in [1.165, 1.54) is 0 Å². The number of aliphatic carboxylic acids is 1. The summed E-state index contributed by atoms with van der Waals surface area (Å²) in [7, 11) is -3.92. The number of amides is 1. The van der Waals surface area contributed by atoms with Gasteiger partial charge in [-0.2, -0.15) is 0 Å². The van der Waals surface area contributed by atoms with Gasteiger partial charge in [0.15, 0.2) is 5.76 Å². The Morgan fingerprint density at radius 1 is 1.18 bits per heavy atom. The number of rotatable bonds is 6. The highest BCUT2D eigenvalue weighted by atomic mass is 32.2. The number of hydrogen-bond donors (Lipinski definition) is 2. The molecule has 118 valence electrons. The maximum Gasteiger partial charge on any atom is 0.332 e. The topological polar surface area (TPSA) is 112 Å². The van der Waals surface area contributed by atoms with Gasteiger partial charge in [0, 0.05) is 0 Å². The van der Waals surface area contributed by atoms with E-state index in [0.29, 0.717) is 22.7 Å². The molecule has 1 fully saturated rings. The molecule has 0 saturated heterocycles. The highest BCUT2D eigenvalue weighted by Crippen LogP contribution is 2.32. The molecule has 0 spiro atoms. The van der Waals surface area contributed by atoms with E-state index in [2.05, 4.69) is 0 Å². The van der Waals surface area contributed by atoms with Crippen LogP contribution in [0.15, 0.2) is 42.2 Å². The fourth-order valence-electron chi connectivity index (χ4n) is 1.88. The fraction of sp³-hybridized carbons (Fsp3) is 0.286. The highest BCUT2D eigenvalue weighted by Gasteiger charge is 2.43. The zero-order chi connectivity index (χ0) is 16.3. The Labute approximate surface area is 127 Å². The van der Waals surface area contributed by atoms with Crippen LogP contribution in [0.4, 0.5) is 0 Å². The second-order valence-electron chi connectivity index (χ2n) is 4.91. The van der Waals surface area contributed by atoms with Gasteiger partial charge in [0.2, 0.25) is 10.0 Å². The number of carboxylic acid groups (broad SMARTS) is 1. The predicted octanol–water partition coefficient (Wildman–Crippen LogP) is 1.03. The number of aliphatic hydroxyl groups is 1. The van der Waals surface area contributed by atoms with Crippen molar-refractivity contribution in [2.24, 2.45) is 0 Å². The number of hydrogen-bond acceptors (Lipinski definition) is 5. The summed E-state index contributed by atoms with van der Waals surface area (Å²) in [5.41, 5.74) is 0.559. The summed E-state index contributed by atoms with van der Waals surface area (Å²) in [4.78, 5) is 22.7. The first-order valence-corrected chi connectivity index (χ1v) is 8.06. The average Bonchev–Trinajstić information content (AvgIpc) is 3.29. The van der Waals surface area contributed by atoms with Crippen molar-refractivity contribution in [3.05, 3.63) is 47.7 Å². The normalized spacial score (nSPS) is 15.4. The Bertz CT molecular complexity index is 706. The summed E-state index contributed by atoms with van der Waals surface area (Å²) >= 11 is 0. The number of nitrogens with zero attached hydrogens (tertiary/aromatic N) is 1. The summed E-state index contributed by atoms with van der Waals surface area (Å²) in [5.74, 6) is -3.89. The molecule has 1 saturated carbocycles. The molecule has 1 amide bonds. The zero-order valence-corrected chi connectivity index (χ0v) is 12.4. The Morgan fingerprint density at radius 2 is 1.77 bits per heavy atom. The molecule has 0 heterocycles. The number of aliphatic hydroxyl groups excluding tert-OH is 1. The summed E-state index contributed by atoms with van der Waals surface area (Å²) < 4.78 is 25.2. The molecule has 7 nitrogen and oxygen atoms in total. The van der Waals surface area contributed by atoms with Crippen LogP contribution in [-0.4, -0.2) is 40.1 Å². The summed E-state index contributed by atoms with van der Waals surface area (Å²) in [6.07, 6.45) is 1.18. The van der Waals surface area contributed by atoms with Crippen LogP contribution in [0.5, 0.6) is 0 Å². The number of carbonyl (C=O) groups excluding carboxylic acids is 1. The largest absolute Gasteiger partial charge is 0.503 e. The van der Waals surface area contributed by atoms with Gasteiger partial charge in [-0.3, -0.25) is 4.79 Å². The van der Waals surface area contributed by atoms with Crippen molar-refractivity contribution in [3.63, 3.8) is 0 Å². The summed E-state index contributed by atoms with van der Waals surface area (Å²) in [6, 6.07) is 8.40. The zero-order valence-electron chi connectivity index (χ0n) is 11.5. The highest BCUT2D eigenvalue weighted by molar-refractivity contribution is 7.90. The molecule has 0 aliphatic heterocycles. The number of carbonyl (C=O) groups is 2. The molecule has 2 N–H and O–H groups in total. The third kappa shape index (κ3) is 3.64. The van der Waals surface area contributed by atoms with Crippen LogP contribution in [0, 0.1) is 0 Å². The van der Waals surface area contributed by atoms with Crippen molar-refractivity contribution >= 4 is 21.9 Å². The van der Waals surface area contributed by atoms with Crippen molar-refractivity contribution in [3.8, 4) is 0 Å². The maximum absolute atomic E-state index is 12.3. The Kier molecular flexibility index (Phi) is 4.51. The van der Waals surface area contributed by atoms with Gasteiger partial charge in [0.1, 0.15) is 0 Å². The molecule has 1 aromatic rings. The van der Waals surface area contributed by atoms with Crippen molar-refractivity contribution in [1.29, 1.82) is 0 Å². The molecule has 0 unspecified atom stereocenters. The lowest BCUT2D eigenvalue weighted by Crippen LogP contribution is -2.39. The van der Waals surface area contributed by atoms with Crippen LogP contribution in [0.25, 0.3) is 0 Å². The SMILES string of the molecule is O=C(O)/C=C(\O)C(=O)N(Cc1ccccc1)S(=O)(=O)C1CC1. The van der Waals surface area contributed by atoms with Gasteiger partial charge in [0.25, 0.3) is 0 Å². The van der Waals surface area contributed by atoms with E-state index < -0.39 is 32.9 Å². The molecular weight excluding hydrogens is 310 g/mol. The van der Waals surface area contributed by atoms with Crippen molar-refractivity contribution < 1.29 is 28.2 Å². The fourth-order valence-corrected chi connectivity index (χ4v) is 3.62. The number of carboxylic acids is 1. The van der Waals surface area contributed by atoms with Gasteiger partial charge in [0.05, 0.1) is 17.9 Å². The Balaban J connectivity index is 2.33. The quantitative estimate of drug-likeness (QED) is 0.597. The molecule has 1 aliphatic carbocycles. The molecule has 22 heavy (non-hydrogen) atoms. The molecule has 1 aliphatic rings. The van der Waals surface area contributed by atoms with E-state index in [1.807, 2.05) is 0 Å². The molecule has 0 aromatic heterocycles. The van der Waals surface area contributed by atoms with Crippen LogP contribution in [0.2, 0.25) is 0 Å². The standard InChI is InChI=1S/C14H15NO6S/c16-12(8-13(17)18)14(19)15(22(20,21)11-6-7-11)9-10-4-2-1-3-5-10/h1-5,8,11,16H,6-7,9H2,(H,17,18)/b12-8-. The molecule has 2 rings (SSSR count). The summed E-state index contributed by atoms with van der Waals surface area (Å²) in [5, 5.41) is 17.4. The first-order chi connectivity index (χ1) is 10.3. The van der Waals surface area contributed by atoms with Crippen LogP contribution >= 0.6 is 0 Å². The minimum atomic E-state index is -3.92. The maximum atomic E-state index is 12.3. The third-order valence-corrected chi connectivity index (χ3v) is 5.35. The second-order valence-corrected chi connectivity index (χ2v) is 7.05. The van der Waals surface area contributed by atoms with Gasteiger partial charge in [-0.1, -0.05) is 30.3 Å². The first-order valence-electron chi connectivity index (χ1n) is 6.55. The van der Waals surface area contributed by atoms with E-state index in [0.717, 1.165) is 0 Å². The van der Waals surface area contributed by atoms with Gasteiger partial charge >= 0.3 is 11.9 Å². The van der Waals surface area contributed by atoms with Crippen LogP contribution in [0.1, 0.15) is 18.4 Å². The lowest BCUT2D eigenvalue weighted by atomic mass is 10.2. The molecule has 0 atom stereocenters. The van der Waals surface area contributed by atoms with Crippen molar-refractivity contribution in [2.75, 3.05) is 0 Å². The lowest BCUT2D eigenvalue weighted by Gasteiger charge is -2.22. The molecule has 0 radical (unpaired) electrons. The van der Waals surface area contributed by atoms with Crippen molar-refractivity contribution in [2.45, 2.75) is 24.6 Å². The van der Waals surface area contributed by atoms with Gasteiger partial charge in [-0.25, -0.2) is 17.5 Å². The molecular formula is C14H15NO6S. The molecule has 1 aromatic carbocycles. The van der Waals surface area contributed by atoms with E-state index >= 15 is 0 Å². The van der Waals surface area contributed by atoms with Crippen molar-refractivity contribution in [1.82, 2.24) is 4.31 Å². The minimum Gasteiger partial charge on any atom is -0.503 e. The van der Waals surface area contributed by atoms with Crippen LogP contribution in [-0.2, 0) is 26.2 Å². The molecule has 8 heteroatoms. The predicted molar refractivity (Wildman–Crippen MR) is 77.3 cm³/mol. The van der Waals surface area contributed by atoms with E-state index in [4.69, 9.17) is 5.11 Å². The Morgan fingerprint density at radius 3 is 2.27 bits per heavy atom. The average molecular weight is 325 g/mol. The second kappa shape index (κ2) is 6.18. The van der Waals surface area contributed by atoms with Crippen LogP contribution < -0.4 is 0 Å². The van der Waals surface area contributed by atoms with E-state index in [-0.39, 0.29) is 12.6 Å². The van der Waals surface area contributed by atoms with E-state index in [9.17, 15) is 23.1 Å². The summed E-state index contributed by atoms with van der Waals surface area (Å²) in [6.45, 7) is -0.254. The minimum absolute atomic E-state index is 0.254. The van der Waals surface area contributed by atoms with E-state index in [1.54, 1.807) is 30.3 Å². The monoisotopic (exact) mass is 325 g/mol. The van der Waals surface area contributed by atoms with Gasteiger partial charge in [-0.15, -0.1) is 0 Å². The number of benzene rings is 1. The van der Waals surface area contributed by atoms with Crippen LogP contribution in [0.3, 0.4) is 0 Å². The molecule has 0 bridgehead atoms. The number of sulfonamides is 1.